The number of rotatable bonds is 6. The van der Waals surface area contributed by atoms with Crippen LogP contribution < -0.4 is 10.6 Å². The predicted molar refractivity (Wildman–Crippen MR) is 89.8 cm³/mol. The molecule has 112 valence electrons. The first-order valence-electron chi connectivity index (χ1n) is 6.86. The summed E-state index contributed by atoms with van der Waals surface area (Å²) in [5.74, 6) is -0.0392. The molecule has 0 unspecified atom stereocenters. The van der Waals surface area contributed by atoms with Gasteiger partial charge in [0.2, 0.25) is 5.91 Å². The highest BCUT2D eigenvalue weighted by molar-refractivity contribution is 7.10. The van der Waals surface area contributed by atoms with Crippen LogP contribution in [0.3, 0.4) is 0 Å². The first kappa shape index (κ1) is 15.5. The van der Waals surface area contributed by atoms with Gasteiger partial charge >= 0.3 is 0 Å². The molecule has 0 spiro atoms. The topological polar surface area (TPSA) is 44.4 Å². The molecule has 2 N–H and O–H groups in total. The van der Waals surface area contributed by atoms with Gasteiger partial charge in [0.15, 0.2) is 0 Å². The second kappa shape index (κ2) is 7.24. The molecule has 0 fully saturated rings. The Labute approximate surface area is 129 Å². The van der Waals surface area contributed by atoms with Crippen LogP contribution in [0.25, 0.3) is 0 Å². The van der Waals surface area contributed by atoms with Crippen molar-refractivity contribution in [1.82, 2.24) is 4.90 Å². The molecule has 2 aromatic rings. The number of anilines is 2. The summed E-state index contributed by atoms with van der Waals surface area (Å²) in [7, 11) is 4.12. The Hall–Kier alpha value is -1.85. The van der Waals surface area contributed by atoms with Gasteiger partial charge in [0.25, 0.3) is 0 Å². The van der Waals surface area contributed by atoms with E-state index in [-0.39, 0.29) is 5.91 Å². The number of benzene rings is 1. The van der Waals surface area contributed by atoms with Gasteiger partial charge in [-0.3, -0.25) is 4.79 Å². The fourth-order valence-electron chi connectivity index (χ4n) is 2.11. The summed E-state index contributed by atoms with van der Waals surface area (Å²) in [6, 6.07) is 10.3. The number of nitrogens with zero attached hydrogens (tertiary/aromatic N) is 1. The van der Waals surface area contributed by atoms with Crippen molar-refractivity contribution >= 4 is 28.6 Å². The molecule has 0 atom stereocenters. The molecule has 1 aromatic carbocycles. The molecule has 5 heteroatoms. The summed E-state index contributed by atoms with van der Waals surface area (Å²) in [6.07, 6.45) is 0. The summed E-state index contributed by atoms with van der Waals surface area (Å²) >= 11 is 1.64. The minimum absolute atomic E-state index is 0.0392. The maximum Gasteiger partial charge on any atom is 0.221 e. The zero-order valence-electron chi connectivity index (χ0n) is 12.6. The quantitative estimate of drug-likeness (QED) is 0.860. The van der Waals surface area contributed by atoms with Crippen molar-refractivity contribution in [3.63, 3.8) is 0 Å². The molecule has 0 aliphatic rings. The molecule has 4 nitrogen and oxygen atoms in total. The maximum absolute atomic E-state index is 11.2. The van der Waals surface area contributed by atoms with Crippen molar-refractivity contribution in [2.45, 2.75) is 20.0 Å². The van der Waals surface area contributed by atoms with E-state index >= 15 is 0 Å². The molecular weight excluding hydrogens is 282 g/mol. The monoisotopic (exact) mass is 303 g/mol. The van der Waals surface area contributed by atoms with E-state index in [1.54, 1.807) is 11.3 Å². The number of thiophene rings is 1. The third-order valence-electron chi connectivity index (χ3n) is 2.93. The van der Waals surface area contributed by atoms with Gasteiger partial charge in [-0.1, -0.05) is 12.1 Å². The highest BCUT2D eigenvalue weighted by atomic mass is 32.1. The van der Waals surface area contributed by atoms with Crippen LogP contribution in [0.15, 0.2) is 35.7 Å². The third-order valence-corrected chi connectivity index (χ3v) is 3.86. The number of hydrogen-bond acceptors (Lipinski definition) is 4. The standard InChI is InChI=1S/C16H21N3OS/c1-12(20)18-15-7-8-21-16(15)10-17-14-6-4-5-13(9-14)11-19(2)3/h4-9,17H,10-11H2,1-3H3,(H,18,20). The molecule has 1 heterocycles. The SMILES string of the molecule is CC(=O)Nc1ccsc1CNc1cccc(CN(C)C)c1. The first-order chi connectivity index (χ1) is 10.0. The van der Waals surface area contributed by atoms with Crippen LogP contribution >= 0.6 is 11.3 Å². The predicted octanol–water partition coefficient (Wildman–Crippen LogP) is 3.38. The van der Waals surface area contributed by atoms with Crippen molar-refractivity contribution in [3.8, 4) is 0 Å². The van der Waals surface area contributed by atoms with Gasteiger partial charge < -0.3 is 15.5 Å². The number of nitrogens with one attached hydrogen (secondary N) is 2. The van der Waals surface area contributed by atoms with Gasteiger partial charge in [0.1, 0.15) is 0 Å². The third kappa shape index (κ3) is 4.88. The lowest BCUT2D eigenvalue weighted by molar-refractivity contribution is -0.114. The van der Waals surface area contributed by atoms with Gasteiger partial charge in [-0.05, 0) is 43.2 Å². The minimum Gasteiger partial charge on any atom is -0.380 e. The Kier molecular flexibility index (Phi) is 5.36. The molecule has 2 rings (SSSR count). The average molecular weight is 303 g/mol. The van der Waals surface area contributed by atoms with Crippen molar-refractivity contribution in [3.05, 3.63) is 46.2 Å². The molecule has 0 saturated carbocycles. The largest absolute Gasteiger partial charge is 0.380 e. The van der Waals surface area contributed by atoms with Gasteiger partial charge in [0.05, 0.1) is 12.2 Å². The van der Waals surface area contributed by atoms with Crippen molar-refractivity contribution < 1.29 is 4.79 Å². The Morgan fingerprint density at radius 3 is 2.81 bits per heavy atom. The van der Waals surface area contributed by atoms with Crippen LogP contribution in [0.2, 0.25) is 0 Å². The molecule has 0 aliphatic carbocycles. The number of carbonyl (C=O) groups is 1. The van der Waals surface area contributed by atoms with Crippen molar-refractivity contribution in [2.75, 3.05) is 24.7 Å². The van der Waals surface area contributed by atoms with E-state index in [0.29, 0.717) is 6.54 Å². The van der Waals surface area contributed by atoms with E-state index in [1.165, 1.54) is 12.5 Å². The van der Waals surface area contributed by atoms with E-state index in [2.05, 4.69) is 53.9 Å². The summed E-state index contributed by atoms with van der Waals surface area (Å²) in [4.78, 5) is 14.4. The number of amides is 1. The second-order valence-electron chi connectivity index (χ2n) is 5.23. The van der Waals surface area contributed by atoms with Crippen LogP contribution in [0.1, 0.15) is 17.4 Å². The number of hydrogen-bond donors (Lipinski definition) is 2. The summed E-state index contributed by atoms with van der Waals surface area (Å²) in [6.45, 7) is 3.16. The van der Waals surface area contributed by atoms with Crippen LogP contribution in [-0.4, -0.2) is 24.9 Å². The highest BCUT2D eigenvalue weighted by Gasteiger charge is 2.06. The highest BCUT2D eigenvalue weighted by Crippen LogP contribution is 2.23. The fourth-order valence-corrected chi connectivity index (χ4v) is 2.88. The first-order valence-corrected chi connectivity index (χ1v) is 7.74. The Morgan fingerprint density at radius 2 is 2.10 bits per heavy atom. The summed E-state index contributed by atoms with van der Waals surface area (Å²) in [5.41, 5.74) is 3.26. The van der Waals surface area contributed by atoms with Crippen LogP contribution in [-0.2, 0) is 17.9 Å². The molecule has 1 amide bonds. The van der Waals surface area contributed by atoms with Gasteiger partial charge in [-0.25, -0.2) is 0 Å². The van der Waals surface area contributed by atoms with Gasteiger partial charge in [0, 0.05) is 24.0 Å². The smallest absolute Gasteiger partial charge is 0.221 e. The zero-order valence-corrected chi connectivity index (χ0v) is 13.5. The second-order valence-corrected chi connectivity index (χ2v) is 6.23. The van der Waals surface area contributed by atoms with Crippen molar-refractivity contribution in [2.24, 2.45) is 0 Å². The minimum atomic E-state index is -0.0392. The van der Waals surface area contributed by atoms with Crippen LogP contribution in [0.4, 0.5) is 11.4 Å². The van der Waals surface area contributed by atoms with Crippen LogP contribution in [0, 0.1) is 0 Å². The Bertz CT molecular complexity index is 607. The number of carbonyl (C=O) groups excluding carboxylic acids is 1. The fraction of sp³-hybridized carbons (Fsp3) is 0.312. The normalized spacial score (nSPS) is 10.7. The lowest BCUT2D eigenvalue weighted by atomic mass is 10.2. The Morgan fingerprint density at radius 1 is 1.29 bits per heavy atom. The summed E-state index contributed by atoms with van der Waals surface area (Å²) < 4.78 is 0. The van der Waals surface area contributed by atoms with E-state index in [0.717, 1.165) is 22.8 Å². The lowest BCUT2D eigenvalue weighted by Crippen LogP contribution is -2.11. The maximum atomic E-state index is 11.2. The van der Waals surface area contributed by atoms with Gasteiger partial charge in [-0.2, -0.15) is 0 Å². The molecule has 0 saturated heterocycles. The van der Waals surface area contributed by atoms with E-state index in [4.69, 9.17) is 0 Å². The van der Waals surface area contributed by atoms with Crippen LogP contribution in [0.5, 0.6) is 0 Å². The van der Waals surface area contributed by atoms with Crippen molar-refractivity contribution in [1.29, 1.82) is 0 Å². The van der Waals surface area contributed by atoms with E-state index in [9.17, 15) is 4.79 Å². The van der Waals surface area contributed by atoms with E-state index in [1.807, 2.05) is 11.4 Å². The molecule has 21 heavy (non-hydrogen) atoms. The van der Waals surface area contributed by atoms with Gasteiger partial charge in [-0.15, -0.1) is 11.3 Å². The molecule has 0 radical (unpaired) electrons. The lowest BCUT2D eigenvalue weighted by Gasteiger charge is -2.12. The molecule has 0 aliphatic heterocycles. The Balaban J connectivity index is 2.00. The average Bonchev–Trinajstić information content (AvgIpc) is 2.82. The molecule has 1 aromatic heterocycles. The molecular formula is C16H21N3OS. The van der Waals surface area contributed by atoms with E-state index < -0.39 is 0 Å². The zero-order chi connectivity index (χ0) is 15.2. The molecule has 0 bridgehead atoms. The summed E-state index contributed by atoms with van der Waals surface area (Å²) in [5, 5.41) is 8.26.